The molecule has 4 aromatic heterocycles. The minimum absolute atomic E-state index is 0.652. The molecule has 9 heteroatoms. The molecule has 0 aromatic carbocycles. The monoisotopic (exact) mass is 440 g/mol. The van der Waals surface area contributed by atoms with Crippen LogP contribution in [0.3, 0.4) is 0 Å². The molecule has 4 aromatic rings. The van der Waals surface area contributed by atoms with Crippen molar-refractivity contribution in [3.05, 3.63) is 78.8 Å². The molecule has 5 heterocycles. The van der Waals surface area contributed by atoms with E-state index < -0.39 is 5.60 Å². The van der Waals surface area contributed by atoms with Gasteiger partial charge in [0.15, 0.2) is 0 Å². The molecule has 0 aliphatic carbocycles. The van der Waals surface area contributed by atoms with Gasteiger partial charge >= 0.3 is 0 Å². The number of nitrogens with one attached hydrogen (secondary N) is 3. The lowest BCUT2D eigenvalue weighted by molar-refractivity contribution is 0.122. The van der Waals surface area contributed by atoms with Gasteiger partial charge in [-0.15, -0.1) is 0 Å². The topological polar surface area (TPSA) is 113 Å². The third-order valence-corrected chi connectivity index (χ3v) is 5.33. The minimum atomic E-state index is -0.964. The van der Waals surface area contributed by atoms with Gasteiger partial charge in [0, 0.05) is 60.3 Å². The average Bonchev–Trinajstić information content (AvgIpc) is 3.20. The Labute approximate surface area is 190 Å². The molecule has 0 unspecified atom stereocenters. The van der Waals surface area contributed by atoms with E-state index in [1.807, 2.05) is 55.8 Å². The summed E-state index contributed by atoms with van der Waals surface area (Å²) in [4.78, 5) is 13.5. The van der Waals surface area contributed by atoms with E-state index in [4.69, 9.17) is 4.98 Å². The number of nitrogens with zero attached hydrogens (tertiary/aromatic N) is 5. The van der Waals surface area contributed by atoms with Crippen LogP contribution in [0.1, 0.15) is 13.8 Å². The predicted molar refractivity (Wildman–Crippen MR) is 127 cm³/mol. The molecule has 0 saturated carbocycles. The molecular formula is C24H24N8O. The van der Waals surface area contributed by atoms with Crippen LogP contribution in [0.4, 0.5) is 5.82 Å². The Hall–Kier alpha value is -4.24. The van der Waals surface area contributed by atoms with Crippen molar-refractivity contribution in [2.24, 2.45) is 7.05 Å². The highest BCUT2D eigenvalue weighted by atomic mass is 16.3. The Morgan fingerprint density at radius 1 is 1.06 bits per heavy atom. The molecule has 9 nitrogen and oxygen atoms in total. The molecule has 1 aliphatic rings. The summed E-state index contributed by atoms with van der Waals surface area (Å²) in [5.41, 5.74) is 11.0. The Bertz CT molecular complexity index is 1380. The lowest BCUT2D eigenvalue weighted by atomic mass is 9.98. The molecule has 0 fully saturated rings. The summed E-state index contributed by atoms with van der Waals surface area (Å²) in [6, 6.07) is 9.68. The number of hydrazine groups is 1. The highest BCUT2D eigenvalue weighted by Gasteiger charge is 2.20. The highest BCUT2D eigenvalue weighted by molar-refractivity contribution is 5.86. The average molecular weight is 441 g/mol. The standard InChI is InChI=1S/C24H24N8O/c1-24(2,33)17-11-22(30-27-13-17)29-21-5-4-19-20(28-21)10-16(12-26-19)18-14-32(3)31-23(18)15-6-8-25-9-7-15/h4-14,27,30,33H,1-3H3,(H,28,29). The van der Waals surface area contributed by atoms with Crippen molar-refractivity contribution < 1.29 is 5.11 Å². The Kier molecular flexibility index (Phi) is 5.02. The highest BCUT2D eigenvalue weighted by Crippen LogP contribution is 2.31. The van der Waals surface area contributed by atoms with Crippen LogP contribution in [-0.4, -0.2) is 35.4 Å². The molecule has 1 aliphatic heterocycles. The number of aryl methyl sites for hydroxylation is 1. The first kappa shape index (κ1) is 20.7. The fraction of sp³-hybridized carbons (Fsp3) is 0.167. The first-order chi connectivity index (χ1) is 15.9. The molecule has 0 saturated heterocycles. The summed E-state index contributed by atoms with van der Waals surface area (Å²) in [7, 11) is 1.90. The smallest absolute Gasteiger partial charge is 0.132 e. The largest absolute Gasteiger partial charge is 0.386 e. The van der Waals surface area contributed by atoms with Crippen LogP contribution in [0.2, 0.25) is 0 Å². The number of hydrogen-bond acceptors (Lipinski definition) is 8. The van der Waals surface area contributed by atoms with Crippen LogP contribution < -0.4 is 16.2 Å². The molecule has 0 atom stereocenters. The quantitative estimate of drug-likeness (QED) is 0.375. The number of hydrogen-bond donors (Lipinski definition) is 4. The van der Waals surface area contributed by atoms with Crippen molar-refractivity contribution in [3.63, 3.8) is 0 Å². The van der Waals surface area contributed by atoms with Crippen molar-refractivity contribution in [1.82, 2.24) is 35.6 Å². The maximum Gasteiger partial charge on any atom is 0.132 e. The zero-order chi connectivity index (χ0) is 23.0. The van der Waals surface area contributed by atoms with Crippen LogP contribution in [0.5, 0.6) is 0 Å². The van der Waals surface area contributed by atoms with Crippen molar-refractivity contribution in [1.29, 1.82) is 0 Å². The zero-order valence-corrected chi connectivity index (χ0v) is 18.5. The molecular weight excluding hydrogens is 416 g/mol. The predicted octanol–water partition coefficient (Wildman–Crippen LogP) is 3.11. The van der Waals surface area contributed by atoms with E-state index in [1.54, 1.807) is 37.1 Å². The van der Waals surface area contributed by atoms with E-state index >= 15 is 0 Å². The van der Waals surface area contributed by atoms with E-state index in [0.717, 1.165) is 39.0 Å². The number of rotatable bonds is 5. The number of anilines is 1. The second kappa shape index (κ2) is 8.03. The van der Waals surface area contributed by atoms with Crippen LogP contribution >= 0.6 is 0 Å². The van der Waals surface area contributed by atoms with Crippen LogP contribution in [0.25, 0.3) is 33.4 Å². The molecule has 4 N–H and O–H groups in total. The van der Waals surface area contributed by atoms with Gasteiger partial charge in [-0.2, -0.15) is 5.10 Å². The maximum atomic E-state index is 10.3. The zero-order valence-electron chi connectivity index (χ0n) is 18.5. The van der Waals surface area contributed by atoms with Gasteiger partial charge in [-0.25, -0.2) is 4.98 Å². The Balaban J connectivity index is 1.49. The van der Waals surface area contributed by atoms with Gasteiger partial charge < -0.3 is 15.8 Å². The molecule has 166 valence electrons. The summed E-state index contributed by atoms with van der Waals surface area (Å²) in [5, 5.41) is 18.2. The van der Waals surface area contributed by atoms with Crippen molar-refractivity contribution >= 4 is 16.9 Å². The Morgan fingerprint density at radius 3 is 2.67 bits per heavy atom. The van der Waals surface area contributed by atoms with E-state index in [2.05, 4.69) is 31.2 Å². The number of fused-ring (bicyclic) bond motifs is 1. The molecule has 0 spiro atoms. The third kappa shape index (κ3) is 4.26. The second-order valence-electron chi connectivity index (χ2n) is 8.37. The van der Waals surface area contributed by atoms with Gasteiger partial charge in [-0.05, 0) is 50.3 Å². The molecule has 0 bridgehead atoms. The van der Waals surface area contributed by atoms with Gasteiger partial charge in [-0.1, -0.05) is 0 Å². The van der Waals surface area contributed by atoms with E-state index in [1.165, 1.54) is 0 Å². The van der Waals surface area contributed by atoms with Gasteiger partial charge in [0.05, 0.1) is 16.6 Å². The number of aliphatic hydroxyl groups is 1. The first-order valence-electron chi connectivity index (χ1n) is 10.5. The Morgan fingerprint density at radius 2 is 1.88 bits per heavy atom. The van der Waals surface area contributed by atoms with Crippen LogP contribution in [0, 0.1) is 0 Å². The van der Waals surface area contributed by atoms with Crippen LogP contribution in [0.15, 0.2) is 78.8 Å². The summed E-state index contributed by atoms with van der Waals surface area (Å²) < 4.78 is 1.79. The molecule has 5 rings (SSSR count). The van der Waals surface area contributed by atoms with Gasteiger partial charge in [0.1, 0.15) is 17.3 Å². The lowest BCUT2D eigenvalue weighted by Gasteiger charge is -2.25. The van der Waals surface area contributed by atoms with Crippen molar-refractivity contribution in [2.45, 2.75) is 19.4 Å². The SMILES string of the molecule is Cn1cc(-c2cnc3ccc(NC4=CC(C(C)(C)O)=CNN4)nc3c2)c(-c2ccncc2)n1. The summed E-state index contributed by atoms with van der Waals surface area (Å²) >= 11 is 0. The minimum Gasteiger partial charge on any atom is -0.386 e. The second-order valence-corrected chi connectivity index (χ2v) is 8.37. The van der Waals surface area contributed by atoms with Gasteiger partial charge in [-0.3, -0.25) is 20.1 Å². The van der Waals surface area contributed by atoms with E-state index in [9.17, 15) is 5.11 Å². The van der Waals surface area contributed by atoms with E-state index in [0.29, 0.717) is 11.6 Å². The van der Waals surface area contributed by atoms with E-state index in [-0.39, 0.29) is 0 Å². The third-order valence-electron chi connectivity index (χ3n) is 5.33. The molecule has 0 amide bonds. The lowest BCUT2D eigenvalue weighted by Crippen LogP contribution is -2.36. The number of pyridine rings is 3. The summed E-state index contributed by atoms with van der Waals surface area (Å²) in [6.45, 7) is 3.47. The van der Waals surface area contributed by atoms with Crippen molar-refractivity contribution in [2.75, 3.05) is 5.32 Å². The van der Waals surface area contributed by atoms with Gasteiger partial charge in [0.25, 0.3) is 0 Å². The van der Waals surface area contributed by atoms with Crippen molar-refractivity contribution in [3.8, 4) is 22.4 Å². The maximum absolute atomic E-state index is 10.3. The van der Waals surface area contributed by atoms with Gasteiger partial charge in [0.2, 0.25) is 0 Å². The van der Waals surface area contributed by atoms with Crippen LogP contribution in [-0.2, 0) is 7.05 Å². The normalized spacial score (nSPS) is 13.7. The number of aromatic nitrogens is 5. The fourth-order valence-corrected chi connectivity index (χ4v) is 3.63. The fourth-order valence-electron chi connectivity index (χ4n) is 3.63. The molecule has 0 radical (unpaired) electrons. The summed E-state index contributed by atoms with van der Waals surface area (Å²) in [6.07, 6.45) is 10.9. The summed E-state index contributed by atoms with van der Waals surface area (Å²) in [5.74, 6) is 1.33. The first-order valence-corrected chi connectivity index (χ1v) is 10.5. The molecule has 33 heavy (non-hydrogen) atoms.